The molecule has 74 valence electrons. The van der Waals surface area contributed by atoms with Gasteiger partial charge in [-0.2, -0.15) is 0 Å². The average Bonchev–Trinajstić information content (AvgIpc) is 2.60. The van der Waals surface area contributed by atoms with Crippen LogP contribution in [0.1, 0.15) is 19.3 Å². The zero-order chi connectivity index (χ0) is 9.42. The lowest BCUT2D eigenvalue weighted by Gasteiger charge is -2.18. The van der Waals surface area contributed by atoms with Crippen LogP contribution in [0, 0.1) is 5.92 Å². The molecule has 4 heteroatoms. The topological polar surface area (TPSA) is 58.6 Å². The number of aliphatic carboxylic acids is 1. The summed E-state index contributed by atoms with van der Waals surface area (Å²) in [6, 6.07) is -0.133. The van der Waals surface area contributed by atoms with Gasteiger partial charge in [-0.25, -0.2) is 0 Å². The molecule has 13 heavy (non-hydrogen) atoms. The van der Waals surface area contributed by atoms with Gasteiger partial charge in [0.2, 0.25) is 0 Å². The van der Waals surface area contributed by atoms with E-state index >= 15 is 0 Å². The smallest absolute Gasteiger partial charge is 0.323 e. The lowest BCUT2D eigenvalue weighted by atomic mass is 9.98. The van der Waals surface area contributed by atoms with E-state index in [9.17, 15) is 4.79 Å². The lowest BCUT2D eigenvalue weighted by molar-refractivity contribution is -0.142. The molecule has 0 aromatic carbocycles. The molecule has 2 N–H and O–H groups in total. The Labute approximate surface area is 77.3 Å². The number of carboxylic acids is 1. The number of fused-ring (bicyclic) bond motifs is 1. The SMILES string of the molecule is CO[C@@H]1[C@H]2CCC[C@@H]2N[C@@H]1C(=O)O. The molecule has 2 fully saturated rings. The van der Waals surface area contributed by atoms with Gasteiger partial charge in [0.05, 0.1) is 6.10 Å². The van der Waals surface area contributed by atoms with Crippen LogP contribution < -0.4 is 5.32 Å². The third-order valence-electron chi connectivity index (χ3n) is 3.25. The van der Waals surface area contributed by atoms with Crippen LogP contribution in [0.3, 0.4) is 0 Å². The van der Waals surface area contributed by atoms with Gasteiger partial charge >= 0.3 is 5.97 Å². The lowest BCUT2D eigenvalue weighted by Crippen LogP contribution is -2.41. The van der Waals surface area contributed by atoms with Crippen LogP contribution in [0.25, 0.3) is 0 Å². The van der Waals surface area contributed by atoms with Crippen molar-refractivity contribution in [2.75, 3.05) is 7.11 Å². The van der Waals surface area contributed by atoms with Crippen molar-refractivity contribution >= 4 is 5.97 Å². The van der Waals surface area contributed by atoms with E-state index in [1.165, 1.54) is 6.42 Å². The van der Waals surface area contributed by atoms with Gasteiger partial charge in [0, 0.05) is 19.1 Å². The van der Waals surface area contributed by atoms with Crippen molar-refractivity contribution in [2.24, 2.45) is 5.92 Å². The summed E-state index contributed by atoms with van der Waals surface area (Å²) in [6.07, 6.45) is 3.24. The Morgan fingerprint density at radius 2 is 2.31 bits per heavy atom. The van der Waals surface area contributed by atoms with E-state index in [1.807, 2.05) is 0 Å². The Bertz CT molecular complexity index is 219. The highest BCUT2D eigenvalue weighted by molar-refractivity contribution is 5.75. The van der Waals surface area contributed by atoms with E-state index in [1.54, 1.807) is 7.11 Å². The van der Waals surface area contributed by atoms with Gasteiger partial charge < -0.3 is 9.84 Å². The summed E-state index contributed by atoms with van der Waals surface area (Å²) < 4.78 is 5.26. The summed E-state index contributed by atoms with van der Waals surface area (Å²) in [5.74, 6) is -0.382. The summed E-state index contributed by atoms with van der Waals surface area (Å²) >= 11 is 0. The molecular formula is C9H15NO3. The molecule has 0 aromatic rings. The average molecular weight is 185 g/mol. The quantitative estimate of drug-likeness (QED) is 0.646. The number of methoxy groups -OCH3 is 1. The molecule has 0 spiro atoms. The van der Waals surface area contributed by atoms with Gasteiger partial charge in [-0.1, -0.05) is 6.42 Å². The molecule has 1 saturated carbocycles. The Hall–Kier alpha value is -0.610. The summed E-state index contributed by atoms with van der Waals surface area (Å²) in [5, 5.41) is 12.1. The van der Waals surface area contributed by atoms with Crippen LogP contribution in [-0.2, 0) is 9.53 Å². The van der Waals surface area contributed by atoms with Crippen molar-refractivity contribution < 1.29 is 14.6 Å². The Balaban J connectivity index is 2.12. The standard InChI is InChI=1S/C9H15NO3/c1-13-8-5-3-2-4-6(5)10-7(8)9(11)12/h5-8,10H,2-4H2,1H3,(H,11,12)/t5-,6-,7-,8+/m0/s1. The largest absolute Gasteiger partial charge is 0.480 e. The highest BCUT2D eigenvalue weighted by Crippen LogP contribution is 2.36. The number of ether oxygens (including phenoxy) is 1. The molecule has 4 nitrogen and oxygen atoms in total. The summed E-state index contributed by atoms with van der Waals surface area (Å²) in [4.78, 5) is 10.9. The Morgan fingerprint density at radius 1 is 1.54 bits per heavy atom. The zero-order valence-corrected chi connectivity index (χ0v) is 7.69. The second-order valence-corrected chi connectivity index (χ2v) is 3.88. The number of carboxylic acid groups (broad SMARTS) is 1. The molecule has 2 aliphatic rings. The second-order valence-electron chi connectivity index (χ2n) is 3.88. The minimum Gasteiger partial charge on any atom is -0.480 e. The normalized spacial score (nSPS) is 43.5. The summed E-state index contributed by atoms with van der Waals surface area (Å²) in [6.45, 7) is 0. The molecular weight excluding hydrogens is 170 g/mol. The van der Waals surface area contributed by atoms with Crippen LogP contribution in [0.2, 0.25) is 0 Å². The van der Waals surface area contributed by atoms with Crippen LogP contribution in [-0.4, -0.2) is 36.4 Å². The molecule has 0 amide bonds. The monoisotopic (exact) mass is 185 g/mol. The van der Waals surface area contributed by atoms with E-state index in [-0.39, 0.29) is 6.10 Å². The van der Waals surface area contributed by atoms with Gasteiger partial charge in [0.15, 0.2) is 0 Å². The maximum Gasteiger partial charge on any atom is 0.323 e. The van der Waals surface area contributed by atoms with E-state index < -0.39 is 12.0 Å². The van der Waals surface area contributed by atoms with Gasteiger partial charge in [-0.3, -0.25) is 10.1 Å². The van der Waals surface area contributed by atoms with Crippen LogP contribution in [0.5, 0.6) is 0 Å². The highest BCUT2D eigenvalue weighted by Gasteiger charge is 2.48. The van der Waals surface area contributed by atoms with Gasteiger partial charge in [0.1, 0.15) is 6.04 Å². The predicted octanol–water partition coefficient (Wildman–Crippen LogP) is 0.226. The van der Waals surface area contributed by atoms with Crippen molar-refractivity contribution in [3.05, 3.63) is 0 Å². The predicted molar refractivity (Wildman–Crippen MR) is 46.5 cm³/mol. The second kappa shape index (κ2) is 3.27. The summed E-state index contributed by atoms with van der Waals surface area (Å²) in [5.41, 5.74) is 0. The molecule has 0 radical (unpaired) electrons. The molecule has 0 bridgehead atoms. The fraction of sp³-hybridized carbons (Fsp3) is 0.889. The van der Waals surface area contributed by atoms with Crippen molar-refractivity contribution in [3.63, 3.8) is 0 Å². The first kappa shape index (κ1) is 8.97. The number of rotatable bonds is 2. The first-order valence-corrected chi connectivity index (χ1v) is 4.75. The molecule has 1 aliphatic carbocycles. The van der Waals surface area contributed by atoms with E-state index in [0.29, 0.717) is 12.0 Å². The fourth-order valence-electron chi connectivity index (χ4n) is 2.68. The molecule has 2 rings (SSSR count). The number of nitrogens with one attached hydrogen (secondary N) is 1. The molecule has 1 saturated heterocycles. The summed E-state index contributed by atoms with van der Waals surface area (Å²) in [7, 11) is 1.60. The van der Waals surface area contributed by atoms with Crippen molar-refractivity contribution in [1.29, 1.82) is 0 Å². The molecule has 4 atom stereocenters. The molecule has 1 aliphatic heterocycles. The fourth-order valence-corrected chi connectivity index (χ4v) is 2.68. The van der Waals surface area contributed by atoms with Gasteiger partial charge in [-0.15, -0.1) is 0 Å². The minimum absolute atomic E-state index is 0.134. The van der Waals surface area contributed by atoms with Gasteiger partial charge in [0.25, 0.3) is 0 Å². The minimum atomic E-state index is -0.791. The first-order chi connectivity index (χ1) is 6.24. The van der Waals surface area contributed by atoms with E-state index in [2.05, 4.69) is 5.32 Å². The number of hydrogen-bond acceptors (Lipinski definition) is 3. The number of carbonyl (C=O) groups is 1. The van der Waals surface area contributed by atoms with Crippen molar-refractivity contribution in [2.45, 2.75) is 37.5 Å². The third kappa shape index (κ3) is 1.34. The molecule has 0 unspecified atom stereocenters. The highest BCUT2D eigenvalue weighted by atomic mass is 16.5. The third-order valence-corrected chi connectivity index (χ3v) is 3.25. The maximum atomic E-state index is 10.9. The van der Waals surface area contributed by atoms with E-state index in [4.69, 9.17) is 9.84 Å². The van der Waals surface area contributed by atoms with Gasteiger partial charge in [-0.05, 0) is 12.8 Å². The molecule has 1 heterocycles. The zero-order valence-electron chi connectivity index (χ0n) is 7.69. The van der Waals surface area contributed by atoms with Crippen molar-refractivity contribution in [3.8, 4) is 0 Å². The van der Waals surface area contributed by atoms with Crippen LogP contribution in [0.4, 0.5) is 0 Å². The van der Waals surface area contributed by atoms with E-state index in [0.717, 1.165) is 12.8 Å². The van der Waals surface area contributed by atoms with Crippen LogP contribution in [0.15, 0.2) is 0 Å². The Morgan fingerprint density at radius 3 is 2.92 bits per heavy atom. The van der Waals surface area contributed by atoms with Crippen molar-refractivity contribution in [1.82, 2.24) is 5.32 Å². The first-order valence-electron chi connectivity index (χ1n) is 4.75. The molecule has 0 aromatic heterocycles. The van der Waals surface area contributed by atoms with Crippen LogP contribution >= 0.6 is 0 Å². The number of hydrogen-bond donors (Lipinski definition) is 2. The Kier molecular flexibility index (Phi) is 2.26. The maximum absolute atomic E-state index is 10.9.